The fraction of sp³-hybridized carbons (Fsp3) is 0.833. The molecule has 12 heavy (non-hydrogen) atoms. The third kappa shape index (κ3) is 2.46. The van der Waals surface area contributed by atoms with Gasteiger partial charge in [-0.1, -0.05) is 0 Å². The quantitative estimate of drug-likeness (QED) is 0.470. The van der Waals surface area contributed by atoms with E-state index in [0.29, 0.717) is 0 Å². The van der Waals surface area contributed by atoms with Crippen LogP contribution in [0.2, 0.25) is 0 Å². The smallest absolute Gasteiger partial charge is 0.214 e. The summed E-state index contributed by atoms with van der Waals surface area (Å²) in [6.45, 7) is 3.13. The predicted octanol–water partition coefficient (Wildman–Crippen LogP) is -0.408. The molecule has 0 saturated heterocycles. The molecule has 5 nitrogen and oxygen atoms in total. The highest BCUT2D eigenvalue weighted by Crippen LogP contribution is 2.03. The summed E-state index contributed by atoms with van der Waals surface area (Å²) >= 11 is 0. The second-order valence-electron chi connectivity index (χ2n) is 2.55. The van der Waals surface area contributed by atoms with Crippen molar-refractivity contribution in [2.24, 2.45) is 5.73 Å². The number of sulfonamides is 1. The van der Waals surface area contributed by atoms with Gasteiger partial charge in [0, 0.05) is 7.05 Å². The van der Waals surface area contributed by atoms with Gasteiger partial charge < -0.3 is 5.73 Å². The molecule has 0 fully saturated rings. The van der Waals surface area contributed by atoms with Gasteiger partial charge in [-0.3, -0.25) is 5.41 Å². The summed E-state index contributed by atoms with van der Waals surface area (Å²) in [4.78, 5) is 0. The Bertz CT molecular complexity index is 260. The zero-order valence-corrected chi connectivity index (χ0v) is 8.35. The zero-order chi connectivity index (χ0) is 9.94. The van der Waals surface area contributed by atoms with Crippen molar-refractivity contribution in [3.8, 4) is 0 Å². The molecular weight excluding hydrogens is 178 g/mol. The maximum Gasteiger partial charge on any atom is 0.214 e. The van der Waals surface area contributed by atoms with E-state index in [1.807, 2.05) is 0 Å². The van der Waals surface area contributed by atoms with Crippen LogP contribution in [0.3, 0.4) is 0 Å². The topological polar surface area (TPSA) is 87.2 Å². The van der Waals surface area contributed by atoms with E-state index in [1.54, 1.807) is 13.8 Å². The Labute approximate surface area is 73.1 Å². The van der Waals surface area contributed by atoms with E-state index in [4.69, 9.17) is 11.1 Å². The Morgan fingerprint density at radius 2 is 2.08 bits per heavy atom. The number of rotatable bonds is 4. The average Bonchev–Trinajstić information content (AvgIpc) is 2.01. The maximum absolute atomic E-state index is 11.2. The van der Waals surface area contributed by atoms with Gasteiger partial charge in [0.15, 0.2) is 0 Å². The first-order valence-electron chi connectivity index (χ1n) is 3.62. The van der Waals surface area contributed by atoms with Crippen LogP contribution in [0, 0.1) is 5.41 Å². The lowest BCUT2D eigenvalue weighted by atomic mass is 10.3. The van der Waals surface area contributed by atoms with Crippen LogP contribution in [0.5, 0.6) is 0 Å². The lowest BCUT2D eigenvalue weighted by Gasteiger charge is -2.22. The number of likely N-dealkylation sites (N-methyl/N-ethyl adjacent to an activating group) is 1. The molecule has 0 spiro atoms. The molecule has 0 saturated carbocycles. The van der Waals surface area contributed by atoms with Crippen molar-refractivity contribution in [1.82, 2.24) is 4.31 Å². The Balaban J connectivity index is 4.61. The minimum atomic E-state index is -3.23. The SMILES string of the molecule is CCS(=O)(=O)N(C)C(C)C(=N)N. The van der Waals surface area contributed by atoms with E-state index >= 15 is 0 Å². The lowest BCUT2D eigenvalue weighted by Crippen LogP contribution is -2.43. The highest BCUT2D eigenvalue weighted by molar-refractivity contribution is 7.89. The summed E-state index contributed by atoms with van der Waals surface area (Å²) in [6.07, 6.45) is 0. The van der Waals surface area contributed by atoms with Crippen LogP contribution in [0.25, 0.3) is 0 Å². The molecule has 0 aliphatic rings. The van der Waals surface area contributed by atoms with Crippen LogP contribution in [-0.4, -0.2) is 37.4 Å². The molecule has 0 radical (unpaired) electrons. The molecule has 0 aliphatic heterocycles. The summed E-state index contributed by atoms with van der Waals surface area (Å²) < 4.78 is 23.5. The van der Waals surface area contributed by atoms with E-state index in [2.05, 4.69) is 0 Å². The van der Waals surface area contributed by atoms with Crippen molar-refractivity contribution in [3.63, 3.8) is 0 Å². The fourth-order valence-corrected chi connectivity index (χ4v) is 1.64. The molecule has 0 amide bonds. The first-order chi connectivity index (χ1) is 5.33. The minimum absolute atomic E-state index is 0.0289. The summed E-state index contributed by atoms with van der Waals surface area (Å²) in [5.41, 5.74) is 5.17. The molecule has 3 N–H and O–H groups in total. The second-order valence-corrected chi connectivity index (χ2v) is 4.87. The molecule has 0 heterocycles. The van der Waals surface area contributed by atoms with Crippen LogP contribution in [0.4, 0.5) is 0 Å². The number of amidine groups is 1. The molecule has 0 bridgehead atoms. The molecule has 1 atom stereocenters. The van der Waals surface area contributed by atoms with Crippen LogP contribution in [0.15, 0.2) is 0 Å². The number of nitrogens with two attached hydrogens (primary N) is 1. The minimum Gasteiger partial charge on any atom is -0.386 e. The van der Waals surface area contributed by atoms with Crippen molar-refractivity contribution < 1.29 is 8.42 Å². The fourth-order valence-electron chi connectivity index (χ4n) is 0.640. The van der Waals surface area contributed by atoms with Crippen molar-refractivity contribution in [1.29, 1.82) is 5.41 Å². The van der Waals surface area contributed by atoms with Gasteiger partial charge in [0.1, 0.15) is 5.84 Å². The van der Waals surface area contributed by atoms with Crippen LogP contribution in [-0.2, 0) is 10.0 Å². The summed E-state index contributed by atoms with van der Waals surface area (Å²) in [6, 6.07) is -0.560. The first kappa shape index (κ1) is 11.4. The van der Waals surface area contributed by atoms with Gasteiger partial charge >= 0.3 is 0 Å². The highest BCUT2D eigenvalue weighted by atomic mass is 32.2. The van der Waals surface area contributed by atoms with Crippen molar-refractivity contribution in [2.75, 3.05) is 12.8 Å². The molecule has 0 aromatic heterocycles. The Morgan fingerprint density at radius 1 is 1.67 bits per heavy atom. The largest absolute Gasteiger partial charge is 0.386 e. The first-order valence-corrected chi connectivity index (χ1v) is 5.23. The standard InChI is InChI=1S/C6H15N3O2S/c1-4-12(10,11)9(3)5(2)6(7)8/h5H,4H2,1-3H3,(H3,7,8). The predicted molar refractivity (Wildman–Crippen MR) is 48.6 cm³/mol. The van der Waals surface area contributed by atoms with Gasteiger partial charge in [-0.05, 0) is 13.8 Å². The van der Waals surface area contributed by atoms with Crippen molar-refractivity contribution >= 4 is 15.9 Å². The number of nitrogens with one attached hydrogen (secondary N) is 1. The number of nitrogens with zero attached hydrogens (tertiary/aromatic N) is 1. The monoisotopic (exact) mass is 193 g/mol. The van der Waals surface area contributed by atoms with Gasteiger partial charge in [0.25, 0.3) is 0 Å². The third-order valence-electron chi connectivity index (χ3n) is 1.80. The molecule has 0 rings (SSSR count). The third-order valence-corrected chi connectivity index (χ3v) is 3.72. The Morgan fingerprint density at radius 3 is 2.33 bits per heavy atom. The molecule has 0 aromatic rings. The molecule has 72 valence electrons. The normalized spacial score (nSPS) is 14.7. The van der Waals surface area contributed by atoms with Crippen molar-refractivity contribution in [2.45, 2.75) is 19.9 Å². The van der Waals surface area contributed by atoms with Crippen molar-refractivity contribution in [3.05, 3.63) is 0 Å². The molecule has 1 unspecified atom stereocenters. The molecule has 0 aromatic carbocycles. The van der Waals surface area contributed by atoms with Crippen LogP contribution >= 0.6 is 0 Å². The van der Waals surface area contributed by atoms with E-state index in [1.165, 1.54) is 7.05 Å². The van der Waals surface area contributed by atoms with Gasteiger partial charge in [0.05, 0.1) is 11.8 Å². The summed E-state index contributed by atoms with van der Waals surface area (Å²) in [5, 5.41) is 7.06. The molecule has 6 heteroatoms. The van der Waals surface area contributed by atoms with Crippen LogP contribution < -0.4 is 5.73 Å². The average molecular weight is 193 g/mol. The van der Waals surface area contributed by atoms with E-state index < -0.39 is 16.1 Å². The van der Waals surface area contributed by atoms with Gasteiger partial charge in [-0.25, -0.2) is 8.42 Å². The summed E-state index contributed by atoms with van der Waals surface area (Å²) in [5.74, 6) is -0.115. The maximum atomic E-state index is 11.2. The van der Waals surface area contributed by atoms with Gasteiger partial charge in [-0.2, -0.15) is 4.31 Å². The van der Waals surface area contributed by atoms with E-state index in [-0.39, 0.29) is 11.6 Å². The van der Waals surface area contributed by atoms with Crippen LogP contribution in [0.1, 0.15) is 13.8 Å². The Kier molecular flexibility index (Phi) is 3.66. The zero-order valence-electron chi connectivity index (χ0n) is 7.53. The highest BCUT2D eigenvalue weighted by Gasteiger charge is 2.22. The van der Waals surface area contributed by atoms with Gasteiger partial charge in [0.2, 0.25) is 10.0 Å². The van der Waals surface area contributed by atoms with E-state index in [0.717, 1.165) is 4.31 Å². The van der Waals surface area contributed by atoms with E-state index in [9.17, 15) is 8.42 Å². The Hall–Kier alpha value is -0.620. The molecule has 0 aliphatic carbocycles. The number of hydrogen-bond donors (Lipinski definition) is 2. The van der Waals surface area contributed by atoms with Gasteiger partial charge in [-0.15, -0.1) is 0 Å². The number of hydrogen-bond acceptors (Lipinski definition) is 3. The summed E-state index contributed by atoms with van der Waals surface area (Å²) in [7, 11) is -1.81. The lowest BCUT2D eigenvalue weighted by molar-refractivity contribution is 0.449. The molecular formula is C6H15N3O2S. The second kappa shape index (κ2) is 3.86.